The number of nitrogens with one attached hydrogen (secondary N) is 1. The van der Waals surface area contributed by atoms with Crippen molar-refractivity contribution in [2.75, 3.05) is 25.1 Å². The van der Waals surface area contributed by atoms with Crippen molar-refractivity contribution in [2.45, 2.75) is 26.2 Å². The highest BCUT2D eigenvalue weighted by atomic mass is 16.5. The van der Waals surface area contributed by atoms with Gasteiger partial charge in [0.05, 0.1) is 5.69 Å². The van der Waals surface area contributed by atoms with Gasteiger partial charge in [-0.3, -0.25) is 4.79 Å². The van der Waals surface area contributed by atoms with Gasteiger partial charge in [-0.05, 0) is 47.4 Å². The molecule has 0 aliphatic heterocycles. The van der Waals surface area contributed by atoms with Crippen LogP contribution in [0.1, 0.15) is 26.3 Å². The summed E-state index contributed by atoms with van der Waals surface area (Å²) in [6, 6.07) is 24.7. The molecule has 3 aromatic carbocycles. The molecule has 5 heteroatoms. The van der Waals surface area contributed by atoms with Crippen LogP contribution in [0.4, 0.5) is 5.69 Å². The van der Waals surface area contributed by atoms with E-state index in [-0.39, 0.29) is 17.9 Å². The molecular weight excluding hydrogens is 390 g/mol. The largest absolute Gasteiger partial charge is 0.490 e. The maximum absolute atomic E-state index is 12.4. The van der Waals surface area contributed by atoms with Crippen molar-refractivity contribution < 1.29 is 19.0 Å². The Balaban J connectivity index is 1.47. The summed E-state index contributed by atoms with van der Waals surface area (Å²) in [6.07, 6.45) is 0. The van der Waals surface area contributed by atoms with Gasteiger partial charge in [-0.25, -0.2) is 0 Å². The predicted molar refractivity (Wildman–Crippen MR) is 123 cm³/mol. The number of hydrogen-bond donors (Lipinski definition) is 1. The van der Waals surface area contributed by atoms with Gasteiger partial charge in [-0.1, -0.05) is 63.2 Å². The van der Waals surface area contributed by atoms with Crippen molar-refractivity contribution in [1.82, 2.24) is 0 Å². The molecule has 5 nitrogen and oxygen atoms in total. The summed E-state index contributed by atoms with van der Waals surface area (Å²) < 4.78 is 17.0. The highest BCUT2D eigenvalue weighted by Crippen LogP contribution is 2.25. The van der Waals surface area contributed by atoms with Crippen molar-refractivity contribution in [3.05, 3.63) is 84.4 Å². The van der Waals surface area contributed by atoms with Crippen molar-refractivity contribution in [1.29, 1.82) is 0 Å². The smallest absolute Gasteiger partial charge is 0.262 e. The minimum atomic E-state index is -0.253. The molecule has 0 fully saturated rings. The fourth-order valence-electron chi connectivity index (χ4n) is 2.91. The molecule has 1 N–H and O–H groups in total. The highest BCUT2D eigenvalue weighted by Gasteiger charge is 2.13. The summed E-state index contributed by atoms with van der Waals surface area (Å²) in [5, 5.41) is 2.85. The van der Waals surface area contributed by atoms with E-state index in [9.17, 15) is 4.79 Å². The average Bonchev–Trinajstić information content (AvgIpc) is 2.77. The molecule has 0 bridgehead atoms. The van der Waals surface area contributed by atoms with Crippen LogP contribution < -0.4 is 19.5 Å². The van der Waals surface area contributed by atoms with Gasteiger partial charge >= 0.3 is 0 Å². The summed E-state index contributed by atoms with van der Waals surface area (Å²) in [5.41, 5.74) is 1.89. The van der Waals surface area contributed by atoms with Crippen LogP contribution in [0, 0.1) is 0 Å². The Morgan fingerprint density at radius 2 is 1.35 bits per heavy atom. The molecule has 0 unspecified atom stereocenters. The van der Waals surface area contributed by atoms with Gasteiger partial charge in [-0.15, -0.1) is 0 Å². The first-order chi connectivity index (χ1) is 14.9. The summed E-state index contributed by atoms with van der Waals surface area (Å²) >= 11 is 0. The van der Waals surface area contributed by atoms with Crippen LogP contribution in [0.15, 0.2) is 78.9 Å². The Bertz CT molecular complexity index is 963. The van der Waals surface area contributed by atoms with Crippen LogP contribution in [-0.2, 0) is 10.2 Å². The third-order valence-electron chi connectivity index (χ3n) is 4.60. The SMILES string of the molecule is CC(C)(C)c1ccc(OCC(=O)Nc2ccccc2OCCOc2ccccc2)cc1. The van der Waals surface area contributed by atoms with E-state index in [2.05, 4.69) is 26.1 Å². The van der Waals surface area contributed by atoms with E-state index in [0.717, 1.165) is 5.75 Å². The number of carbonyl (C=O) groups excluding carboxylic acids is 1. The first-order valence-electron chi connectivity index (χ1n) is 10.3. The molecule has 3 rings (SSSR count). The zero-order valence-corrected chi connectivity index (χ0v) is 18.3. The zero-order chi connectivity index (χ0) is 22.1. The Labute approximate surface area is 184 Å². The van der Waals surface area contributed by atoms with Gasteiger partial charge in [0.15, 0.2) is 6.61 Å². The molecule has 0 atom stereocenters. The van der Waals surface area contributed by atoms with E-state index < -0.39 is 0 Å². The number of para-hydroxylation sites is 3. The van der Waals surface area contributed by atoms with E-state index in [1.54, 1.807) is 6.07 Å². The second kappa shape index (κ2) is 10.5. The van der Waals surface area contributed by atoms with E-state index in [0.29, 0.717) is 30.4 Å². The molecule has 0 heterocycles. The molecule has 0 spiro atoms. The predicted octanol–water partition coefficient (Wildman–Crippen LogP) is 5.46. The molecule has 1 amide bonds. The van der Waals surface area contributed by atoms with Crippen molar-refractivity contribution in [3.8, 4) is 17.2 Å². The minimum Gasteiger partial charge on any atom is -0.490 e. The molecule has 0 aliphatic rings. The van der Waals surface area contributed by atoms with E-state index in [1.807, 2.05) is 72.8 Å². The molecule has 162 valence electrons. The Hall–Kier alpha value is -3.47. The normalized spacial score (nSPS) is 10.9. The third-order valence-corrected chi connectivity index (χ3v) is 4.60. The van der Waals surface area contributed by atoms with Crippen molar-refractivity contribution >= 4 is 11.6 Å². The molecular formula is C26H29NO4. The van der Waals surface area contributed by atoms with Crippen molar-refractivity contribution in [2.24, 2.45) is 0 Å². The lowest BCUT2D eigenvalue weighted by Gasteiger charge is -2.19. The number of benzene rings is 3. The lowest BCUT2D eigenvalue weighted by Crippen LogP contribution is -2.21. The Kier molecular flexibility index (Phi) is 7.55. The van der Waals surface area contributed by atoms with Gasteiger partial charge in [-0.2, -0.15) is 0 Å². The quantitative estimate of drug-likeness (QED) is 0.468. The van der Waals surface area contributed by atoms with Crippen molar-refractivity contribution in [3.63, 3.8) is 0 Å². The van der Waals surface area contributed by atoms with Crippen LogP contribution in [0.3, 0.4) is 0 Å². The minimum absolute atomic E-state index is 0.0751. The van der Waals surface area contributed by atoms with Gasteiger partial charge in [0.25, 0.3) is 5.91 Å². The molecule has 0 saturated carbocycles. The van der Waals surface area contributed by atoms with Crippen LogP contribution >= 0.6 is 0 Å². The van der Waals surface area contributed by atoms with E-state index >= 15 is 0 Å². The van der Waals surface area contributed by atoms with Crippen LogP contribution in [0.2, 0.25) is 0 Å². The molecule has 0 saturated heterocycles. The lowest BCUT2D eigenvalue weighted by molar-refractivity contribution is -0.118. The van der Waals surface area contributed by atoms with Crippen LogP contribution in [0.5, 0.6) is 17.2 Å². The Morgan fingerprint density at radius 3 is 2.06 bits per heavy atom. The maximum Gasteiger partial charge on any atom is 0.262 e. The maximum atomic E-state index is 12.4. The first-order valence-corrected chi connectivity index (χ1v) is 10.3. The van der Waals surface area contributed by atoms with E-state index in [1.165, 1.54) is 5.56 Å². The molecule has 0 aliphatic carbocycles. The fourth-order valence-corrected chi connectivity index (χ4v) is 2.91. The number of rotatable bonds is 9. The standard InChI is InChI=1S/C26H29NO4/c1-26(2,3)20-13-15-22(16-14-20)31-19-25(28)27-23-11-7-8-12-24(23)30-18-17-29-21-9-5-4-6-10-21/h4-16H,17-19H2,1-3H3,(H,27,28). The number of carbonyl (C=O) groups is 1. The number of anilines is 1. The van der Waals surface area contributed by atoms with Gasteiger partial charge in [0.1, 0.15) is 30.5 Å². The summed E-state index contributed by atoms with van der Waals surface area (Å²) in [5.74, 6) is 1.78. The second-order valence-electron chi connectivity index (χ2n) is 8.12. The van der Waals surface area contributed by atoms with Gasteiger partial charge in [0.2, 0.25) is 0 Å². The number of ether oxygens (including phenoxy) is 3. The number of hydrogen-bond acceptors (Lipinski definition) is 4. The van der Waals surface area contributed by atoms with Crippen LogP contribution in [0.25, 0.3) is 0 Å². The lowest BCUT2D eigenvalue weighted by atomic mass is 9.87. The first kappa shape index (κ1) is 22.2. The summed E-state index contributed by atoms with van der Waals surface area (Å²) in [7, 11) is 0. The monoisotopic (exact) mass is 419 g/mol. The van der Waals surface area contributed by atoms with E-state index in [4.69, 9.17) is 14.2 Å². The van der Waals surface area contributed by atoms with Gasteiger partial charge in [0, 0.05) is 0 Å². The molecule has 0 radical (unpaired) electrons. The summed E-state index contributed by atoms with van der Waals surface area (Å²) in [6.45, 7) is 7.15. The molecule has 3 aromatic rings. The molecule has 0 aromatic heterocycles. The highest BCUT2D eigenvalue weighted by molar-refractivity contribution is 5.93. The molecule has 31 heavy (non-hydrogen) atoms. The topological polar surface area (TPSA) is 56.8 Å². The second-order valence-corrected chi connectivity index (χ2v) is 8.12. The zero-order valence-electron chi connectivity index (χ0n) is 18.3. The fraction of sp³-hybridized carbons (Fsp3) is 0.269. The Morgan fingerprint density at radius 1 is 0.742 bits per heavy atom. The number of amides is 1. The van der Waals surface area contributed by atoms with Crippen LogP contribution in [-0.4, -0.2) is 25.7 Å². The average molecular weight is 420 g/mol. The van der Waals surface area contributed by atoms with Gasteiger partial charge < -0.3 is 19.5 Å². The summed E-state index contributed by atoms with van der Waals surface area (Å²) in [4.78, 5) is 12.4. The third kappa shape index (κ3) is 7.07.